The summed E-state index contributed by atoms with van der Waals surface area (Å²) in [5.41, 5.74) is 10.0. The molecule has 4 N–H and O–H groups in total. The summed E-state index contributed by atoms with van der Waals surface area (Å²) in [7, 11) is 0. The Balaban J connectivity index is 1.40. The molecule has 0 saturated heterocycles. The van der Waals surface area contributed by atoms with Crippen molar-refractivity contribution in [3.8, 4) is 11.8 Å². The van der Waals surface area contributed by atoms with Gasteiger partial charge in [0.1, 0.15) is 6.61 Å². The van der Waals surface area contributed by atoms with Gasteiger partial charge in [0.2, 0.25) is 0 Å². The number of aliphatic hydroxyl groups excluding tert-OH is 1. The Morgan fingerprint density at radius 3 is 2.51 bits per heavy atom. The number of benzene rings is 2. The minimum Gasteiger partial charge on any atom is -0.481 e. The molecule has 9 heteroatoms. The van der Waals surface area contributed by atoms with Crippen LogP contribution in [0, 0.1) is 18.8 Å². The number of nitrogen functional groups attached to an aromatic ring is 1. The number of aromatic nitrogens is 1. The number of hydrogen-bond donors (Lipinski definition) is 3. The van der Waals surface area contributed by atoms with Crippen LogP contribution >= 0.6 is 23.2 Å². The number of aliphatic hydroxyl groups is 1. The number of halogens is 2. The highest BCUT2D eigenvalue weighted by Gasteiger charge is 2.17. The fraction of sp³-hybridized carbons (Fsp3) is 0.375. The van der Waals surface area contributed by atoms with Gasteiger partial charge in [0.15, 0.2) is 0 Å². The van der Waals surface area contributed by atoms with E-state index in [1.165, 1.54) is 5.56 Å². The standard InChI is InChI=1S/C32H37Cl2N3O4/c1-23-26(19-31(39)40)16-25(20-36-23)12-9-15-41-14-8-3-2-7-13-37(21-24-10-5-4-6-11-24)22-30(38)27-17-28(33)32(35)29(34)18-27/h4-6,10-11,16-18,20,30,38H,2-3,7-8,13-15,19,21-22,35H2,1H3,(H,39,40). The third-order valence-electron chi connectivity index (χ3n) is 6.62. The molecule has 0 aliphatic carbocycles. The zero-order valence-corrected chi connectivity index (χ0v) is 24.8. The Bertz CT molecular complexity index is 1320. The van der Waals surface area contributed by atoms with Crippen LogP contribution in [0.25, 0.3) is 0 Å². The SMILES string of the molecule is Cc1ncc(C#CCOCCCCCCN(Cc2ccccc2)CC(O)c2cc(Cl)c(N)c(Cl)c2)cc1CC(=O)O. The van der Waals surface area contributed by atoms with Crippen molar-refractivity contribution < 1.29 is 19.7 Å². The van der Waals surface area contributed by atoms with Gasteiger partial charge in [-0.25, -0.2) is 0 Å². The van der Waals surface area contributed by atoms with E-state index in [4.69, 9.17) is 38.8 Å². The third-order valence-corrected chi connectivity index (χ3v) is 7.25. The molecule has 3 aromatic rings. The maximum atomic E-state index is 11.0. The molecule has 2 aromatic carbocycles. The van der Waals surface area contributed by atoms with Crippen LogP contribution in [0.2, 0.25) is 10.0 Å². The van der Waals surface area contributed by atoms with Crippen molar-refractivity contribution in [3.63, 3.8) is 0 Å². The van der Waals surface area contributed by atoms with Crippen LogP contribution in [0.4, 0.5) is 5.69 Å². The van der Waals surface area contributed by atoms with Gasteiger partial charge in [0.25, 0.3) is 0 Å². The number of carboxylic acids is 1. The molecule has 0 amide bonds. The highest BCUT2D eigenvalue weighted by molar-refractivity contribution is 6.38. The van der Waals surface area contributed by atoms with E-state index in [9.17, 15) is 9.90 Å². The topological polar surface area (TPSA) is 109 Å². The van der Waals surface area contributed by atoms with Gasteiger partial charge in [0, 0.05) is 37.2 Å². The molecule has 1 unspecified atom stereocenters. The lowest BCUT2D eigenvalue weighted by Gasteiger charge is -2.26. The van der Waals surface area contributed by atoms with Crippen LogP contribution in [0.1, 0.15) is 59.7 Å². The van der Waals surface area contributed by atoms with Gasteiger partial charge in [-0.2, -0.15) is 0 Å². The van der Waals surface area contributed by atoms with E-state index in [1.807, 2.05) is 18.2 Å². The molecule has 0 bridgehead atoms. The number of aryl methyl sites for hydroxylation is 1. The molecule has 1 atom stereocenters. The number of unbranched alkanes of at least 4 members (excludes halogenated alkanes) is 3. The summed E-state index contributed by atoms with van der Waals surface area (Å²) in [4.78, 5) is 17.5. The lowest BCUT2D eigenvalue weighted by Crippen LogP contribution is -2.29. The van der Waals surface area contributed by atoms with Crippen molar-refractivity contribution in [2.75, 3.05) is 32.0 Å². The first-order valence-corrected chi connectivity index (χ1v) is 14.4. The quantitative estimate of drug-likeness (QED) is 0.111. The first-order valence-electron chi connectivity index (χ1n) is 13.7. The summed E-state index contributed by atoms with van der Waals surface area (Å²) in [6.07, 6.45) is 4.82. The van der Waals surface area contributed by atoms with E-state index in [-0.39, 0.29) is 6.42 Å². The largest absolute Gasteiger partial charge is 0.481 e. The Hall–Kier alpha value is -3.12. The van der Waals surface area contributed by atoms with Crippen LogP contribution in [-0.2, 0) is 22.5 Å². The molecule has 41 heavy (non-hydrogen) atoms. The molecule has 218 valence electrons. The Kier molecular flexibility index (Phi) is 13.4. The second-order valence-electron chi connectivity index (χ2n) is 9.94. The van der Waals surface area contributed by atoms with Gasteiger partial charge >= 0.3 is 5.97 Å². The normalized spacial score (nSPS) is 11.7. The van der Waals surface area contributed by atoms with E-state index in [2.05, 4.69) is 33.9 Å². The fourth-order valence-electron chi connectivity index (χ4n) is 4.37. The summed E-state index contributed by atoms with van der Waals surface area (Å²) in [5, 5.41) is 20.6. The second-order valence-corrected chi connectivity index (χ2v) is 10.8. The minimum atomic E-state index is -0.890. The van der Waals surface area contributed by atoms with E-state index in [0.717, 1.165) is 38.8 Å². The highest BCUT2D eigenvalue weighted by Crippen LogP contribution is 2.31. The smallest absolute Gasteiger partial charge is 0.307 e. The lowest BCUT2D eigenvalue weighted by molar-refractivity contribution is -0.136. The average molecular weight is 599 g/mol. The fourth-order valence-corrected chi connectivity index (χ4v) is 4.87. The van der Waals surface area contributed by atoms with E-state index >= 15 is 0 Å². The van der Waals surface area contributed by atoms with Crippen LogP contribution in [0.5, 0.6) is 0 Å². The van der Waals surface area contributed by atoms with Crippen molar-refractivity contribution in [1.29, 1.82) is 0 Å². The van der Waals surface area contributed by atoms with Crippen molar-refractivity contribution in [1.82, 2.24) is 9.88 Å². The molecule has 0 aliphatic rings. The van der Waals surface area contributed by atoms with Crippen molar-refractivity contribution in [3.05, 3.63) is 92.7 Å². The summed E-state index contributed by atoms with van der Waals surface area (Å²) >= 11 is 12.4. The highest BCUT2D eigenvalue weighted by atomic mass is 35.5. The van der Waals surface area contributed by atoms with Gasteiger partial charge < -0.3 is 20.7 Å². The molecule has 7 nitrogen and oxygen atoms in total. The number of nitrogens with two attached hydrogens (primary N) is 1. The zero-order chi connectivity index (χ0) is 29.6. The van der Waals surface area contributed by atoms with Crippen molar-refractivity contribution in [2.45, 2.75) is 51.7 Å². The second kappa shape index (κ2) is 17.0. The molecular formula is C32H37Cl2N3O4. The Labute approximate surface area is 252 Å². The molecule has 3 rings (SSSR count). The first kappa shape index (κ1) is 32.4. The van der Waals surface area contributed by atoms with Gasteiger partial charge in [0.05, 0.1) is 28.3 Å². The Morgan fingerprint density at radius 2 is 1.80 bits per heavy atom. The number of carbonyl (C=O) groups is 1. The monoisotopic (exact) mass is 597 g/mol. The maximum absolute atomic E-state index is 11.0. The molecule has 1 aromatic heterocycles. The summed E-state index contributed by atoms with van der Waals surface area (Å²) in [6.45, 7) is 4.73. The molecule has 0 saturated carbocycles. The summed E-state index contributed by atoms with van der Waals surface area (Å²) in [6, 6.07) is 15.3. The van der Waals surface area contributed by atoms with Gasteiger partial charge in [-0.05, 0) is 61.2 Å². The molecule has 0 fully saturated rings. The number of nitrogens with zero attached hydrogens (tertiary/aromatic N) is 2. The van der Waals surface area contributed by atoms with Gasteiger partial charge in [-0.3, -0.25) is 14.7 Å². The molecule has 0 aliphatic heterocycles. The molecule has 0 spiro atoms. The Morgan fingerprint density at radius 1 is 1.10 bits per heavy atom. The number of ether oxygens (including phenoxy) is 1. The lowest BCUT2D eigenvalue weighted by atomic mass is 10.1. The predicted octanol–water partition coefficient (Wildman–Crippen LogP) is 6.07. The number of aliphatic carboxylic acids is 1. The van der Waals surface area contributed by atoms with E-state index in [0.29, 0.717) is 57.9 Å². The summed E-state index contributed by atoms with van der Waals surface area (Å²) in [5.74, 6) is 5.07. The van der Waals surface area contributed by atoms with Crippen molar-refractivity contribution >= 4 is 34.9 Å². The average Bonchev–Trinajstić information content (AvgIpc) is 2.94. The summed E-state index contributed by atoms with van der Waals surface area (Å²) < 4.78 is 5.65. The number of pyridine rings is 1. The van der Waals surface area contributed by atoms with Crippen molar-refractivity contribution in [2.24, 2.45) is 0 Å². The third kappa shape index (κ3) is 11.3. The maximum Gasteiger partial charge on any atom is 0.307 e. The molecule has 1 heterocycles. The first-order chi connectivity index (χ1) is 19.7. The number of carboxylic acid groups (broad SMARTS) is 1. The number of hydrogen-bond acceptors (Lipinski definition) is 6. The van der Waals surface area contributed by atoms with Crippen LogP contribution < -0.4 is 5.73 Å². The van der Waals surface area contributed by atoms with Crippen LogP contribution in [0.3, 0.4) is 0 Å². The van der Waals surface area contributed by atoms with Gasteiger partial charge in [-0.15, -0.1) is 0 Å². The van der Waals surface area contributed by atoms with E-state index < -0.39 is 12.1 Å². The number of anilines is 1. The molecular weight excluding hydrogens is 561 g/mol. The molecule has 0 radical (unpaired) electrons. The minimum absolute atomic E-state index is 0.0677. The van der Waals surface area contributed by atoms with Crippen LogP contribution in [0.15, 0.2) is 54.7 Å². The number of rotatable bonds is 15. The van der Waals surface area contributed by atoms with E-state index in [1.54, 1.807) is 31.3 Å². The van der Waals surface area contributed by atoms with Gasteiger partial charge in [-0.1, -0.05) is 78.2 Å². The zero-order valence-electron chi connectivity index (χ0n) is 23.3. The predicted molar refractivity (Wildman–Crippen MR) is 164 cm³/mol. The van der Waals surface area contributed by atoms with Crippen LogP contribution in [-0.4, -0.2) is 52.4 Å².